The number of fused-ring (bicyclic) bond motifs is 1. The van der Waals surface area contributed by atoms with Crippen molar-refractivity contribution in [2.75, 3.05) is 19.0 Å². The summed E-state index contributed by atoms with van der Waals surface area (Å²) in [6, 6.07) is 11.9. The minimum atomic E-state index is -0.254. The Balaban J connectivity index is 1.49. The number of carbonyl (C=O) groups excluding carboxylic acids is 1. The second-order valence-corrected chi connectivity index (χ2v) is 7.27. The molecule has 0 bridgehead atoms. The fraction of sp³-hybridized carbons (Fsp3) is 0.350. The normalized spacial score (nSPS) is 14.4. The molecular formula is C20H22FNO3S. The maximum absolute atomic E-state index is 12.9. The van der Waals surface area contributed by atoms with E-state index in [1.54, 1.807) is 12.1 Å². The molecule has 1 N–H and O–H groups in total. The lowest BCUT2D eigenvalue weighted by molar-refractivity contribution is -0.121. The molecule has 26 heavy (non-hydrogen) atoms. The molecule has 0 aromatic heterocycles. The number of thioether (sulfide) groups is 1. The number of halogens is 1. The smallest absolute Gasteiger partial charge is 0.221 e. The highest BCUT2D eigenvalue weighted by atomic mass is 32.2. The molecule has 0 saturated carbocycles. The van der Waals surface area contributed by atoms with Crippen LogP contribution in [0.4, 0.5) is 4.39 Å². The van der Waals surface area contributed by atoms with Gasteiger partial charge >= 0.3 is 0 Å². The summed E-state index contributed by atoms with van der Waals surface area (Å²) in [5, 5.41) is 3.01. The highest BCUT2D eigenvalue weighted by Crippen LogP contribution is 2.32. The van der Waals surface area contributed by atoms with E-state index in [2.05, 4.69) is 5.32 Å². The molecular weight excluding hydrogens is 353 g/mol. The molecule has 1 aliphatic rings. The summed E-state index contributed by atoms with van der Waals surface area (Å²) >= 11 is 1.54. The molecule has 1 unspecified atom stereocenters. The van der Waals surface area contributed by atoms with Crippen LogP contribution in [0.2, 0.25) is 0 Å². The highest BCUT2D eigenvalue weighted by molar-refractivity contribution is 7.99. The summed E-state index contributed by atoms with van der Waals surface area (Å²) in [6.45, 7) is 3.24. The first-order valence-electron chi connectivity index (χ1n) is 8.69. The van der Waals surface area contributed by atoms with E-state index < -0.39 is 0 Å². The Kier molecular flexibility index (Phi) is 6.39. The van der Waals surface area contributed by atoms with Crippen molar-refractivity contribution >= 4 is 17.7 Å². The lowest BCUT2D eigenvalue weighted by Crippen LogP contribution is -2.26. The van der Waals surface area contributed by atoms with Crippen LogP contribution in [-0.4, -0.2) is 24.9 Å². The van der Waals surface area contributed by atoms with Crippen LogP contribution in [0.25, 0.3) is 0 Å². The van der Waals surface area contributed by atoms with Crippen molar-refractivity contribution in [3.05, 3.63) is 53.8 Å². The van der Waals surface area contributed by atoms with E-state index in [4.69, 9.17) is 9.47 Å². The van der Waals surface area contributed by atoms with Crippen molar-refractivity contribution in [3.63, 3.8) is 0 Å². The van der Waals surface area contributed by atoms with Crippen molar-refractivity contribution in [2.45, 2.75) is 30.7 Å². The zero-order valence-electron chi connectivity index (χ0n) is 14.7. The number of hydrogen-bond donors (Lipinski definition) is 1. The molecule has 2 aromatic carbocycles. The van der Waals surface area contributed by atoms with Gasteiger partial charge in [-0.05, 0) is 48.9 Å². The second-order valence-electron chi connectivity index (χ2n) is 6.10. The lowest BCUT2D eigenvalue weighted by atomic mass is 10.1. The summed E-state index contributed by atoms with van der Waals surface area (Å²) in [7, 11) is 0. The van der Waals surface area contributed by atoms with Gasteiger partial charge in [0.1, 0.15) is 5.82 Å². The van der Waals surface area contributed by atoms with Crippen molar-refractivity contribution in [3.8, 4) is 11.5 Å². The predicted molar refractivity (Wildman–Crippen MR) is 100 cm³/mol. The molecule has 2 aromatic rings. The van der Waals surface area contributed by atoms with Crippen LogP contribution in [0.3, 0.4) is 0 Å². The summed E-state index contributed by atoms with van der Waals surface area (Å²) in [5.41, 5.74) is 0.980. The number of benzene rings is 2. The SMILES string of the molecule is CC(NC(=O)CCSc1ccc(F)cc1)c1ccc2c(c1)OCCCO2. The number of hydrogen-bond acceptors (Lipinski definition) is 4. The second kappa shape index (κ2) is 8.94. The average molecular weight is 375 g/mol. The first-order valence-corrected chi connectivity index (χ1v) is 9.67. The molecule has 0 saturated heterocycles. The average Bonchev–Trinajstić information content (AvgIpc) is 2.88. The van der Waals surface area contributed by atoms with Gasteiger partial charge < -0.3 is 14.8 Å². The number of rotatable bonds is 6. The molecule has 1 aliphatic heterocycles. The Hall–Kier alpha value is -2.21. The highest BCUT2D eigenvalue weighted by Gasteiger charge is 2.15. The quantitative estimate of drug-likeness (QED) is 0.763. The molecule has 0 aliphatic carbocycles. The summed E-state index contributed by atoms with van der Waals surface area (Å²) in [5.74, 6) is 1.86. The topological polar surface area (TPSA) is 47.6 Å². The Labute approximate surface area is 157 Å². The van der Waals surface area contributed by atoms with Crippen molar-refractivity contribution in [1.82, 2.24) is 5.32 Å². The van der Waals surface area contributed by atoms with Crippen LogP contribution >= 0.6 is 11.8 Å². The summed E-state index contributed by atoms with van der Waals surface area (Å²) in [6.07, 6.45) is 1.26. The third-order valence-electron chi connectivity index (χ3n) is 4.06. The third kappa shape index (κ3) is 5.14. The van der Waals surface area contributed by atoms with Crippen molar-refractivity contribution in [1.29, 1.82) is 0 Å². The van der Waals surface area contributed by atoms with Crippen LogP contribution in [0.15, 0.2) is 47.4 Å². The van der Waals surface area contributed by atoms with E-state index in [1.165, 1.54) is 23.9 Å². The van der Waals surface area contributed by atoms with Crippen LogP contribution in [0.5, 0.6) is 11.5 Å². The minimum absolute atomic E-state index is 0.0146. The van der Waals surface area contributed by atoms with Gasteiger partial charge in [0.15, 0.2) is 11.5 Å². The maximum Gasteiger partial charge on any atom is 0.221 e. The van der Waals surface area contributed by atoms with E-state index >= 15 is 0 Å². The molecule has 6 heteroatoms. The van der Waals surface area contributed by atoms with Crippen LogP contribution in [-0.2, 0) is 4.79 Å². The Morgan fingerprint density at radius 3 is 2.65 bits per heavy atom. The monoisotopic (exact) mass is 375 g/mol. The number of carbonyl (C=O) groups is 1. The van der Waals surface area contributed by atoms with Gasteiger partial charge in [-0.25, -0.2) is 4.39 Å². The van der Waals surface area contributed by atoms with E-state index in [-0.39, 0.29) is 17.8 Å². The molecule has 0 fully saturated rings. The number of amides is 1. The van der Waals surface area contributed by atoms with Crippen molar-refractivity contribution in [2.24, 2.45) is 0 Å². The van der Waals surface area contributed by atoms with Crippen LogP contribution in [0.1, 0.15) is 31.4 Å². The van der Waals surface area contributed by atoms with Gasteiger partial charge in [0.25, 0.3) is 0 Å². The van der Waals surface area contributed by atoms with Gasteiger partial charge in [0.2, 0.25) is 5.91 Å². The van der Waals surface area contributed by atoms with Crippen molar-refractivity contribution < 1.29 is 18.7 Å². The molecule has 3 rings (SSSR count). The van der Waals surface area contributed by atoms with Gasteiger partial charge in [-0.1, -0.05) is 6.07 Å². The van der Waals surface area contributed by atoms with Gasteiger partial charge in [-0.15, -0.1) is 11.8 Å². The van der Waals surface area contributed by atoms with Gasteiger partial charge in [-0.3, -0.25) is 4.79 Å². The number of ether oxygens (including phenoxy) is 2. The fourth-order valence-corrected chi connectivity index (χ4v) is 3.49. The van der Waals surface area contributed by atoms with Gasteiger partial charge in [0, 0.05) is 23.5 Å². The molecule has 1 atom stereocenters. The first kappa shape index (κ1) is 18.6. The molecule has 0 radical (unpaired) electrons. The first-order chi connectivity index (χ1) is 12.6. The van der Waals surface area contributed by atoms with E-state index in [9.17, 15) is 9.18 Å². The molecule has 1 heterocycles. The maximum atomic E-state index is 12.9. The molecule has 0 spiro atoms. The molecule has 138 valence electrons. The van der Waals surface area contributed by atoms with Crippen LogP contribution < -0.4 is 14.8 Å². The third-order valence-corrected chi connectivity index (χ3v) is 5.07. The molecule has 4 nitrogen and oxygen atoms in total. The largest absolute Gasteiger partial charge is 0.490 e. The Morgan fingerprint density at radius 2 is 1.88 bits per heavy atom. The van der Waals surface area contributed by atoms with E-state index in [0.717, 1.165) is 28.4 Å². The Bertz CT molecular complexity index is 751. The van der Waals surface area contributed by atoms with E-state index in [1.807, 2.05) is 25.1 Å². The number of nitrogens with one attached hydrogen (secondary N) is 1. The molecule has 1 amide bonds. The Morgan fingerprint density at radius 1 is 1.15 bits per heavy atom. The van der Waals surface area contributed by atoms with Gasteiger partial charge in [-0.2, -0.15) is 0 Å². The zero-order valence-corrected chi connectivity index (χ0v) is 15.5. The van der Waals surface area contributed by atoms with Gasteiger partial charge in [0.05, 0.1) is 19.3 Å². The van der Waals surface area contributed by atoms with Crippen LogP contribution in [0, 0.1) is 5.82 Å². The standard InChI is InChI=1S/C20H22FNO3S/c1-14(15-3-8-18-19(13-15)25-11-2-10-24-18)22-20(23)9-12-26-17-6-4-16(21)5-7-17/h3-8,13-14H,2,9-12H2,1H3,(H,22,23). The lowest BCUT2D eigenvalue weighted by Gasteiger charge is -2.16. The zero-order chi connectivity index (χ0) is 18.4. The summed E-state index contributed by atoms with van der Waals surface area (Å²) < 4.78 is 24.2. The predicted octanol–water partition coefficient (Wildman–Crippen LogP) is 4.35. The summed E-state index contributed by atoms with van der Waals surface area (Å²) in [4.78, 5) is 13.1. The fourth-order valence-electron chi connectivity index (χ4n) is 2.64. The minimum Gasteiger partial charge on any atom is -0.490 e. The van der Waals surface area contributed by atoms with E-state index in [0.29, 0.717) is 25.4 Å².